The van der Waals surface area contributed by atoms with Crippen molar-refractivity contribution >= 4 is 0 Å². The van der Waals surface area contributed by atoms with Crippen molar-refractivity contribution in [2.45, 2.75) is 18.9 Å². The van der Waals surface area contributed by atoms with Crippen LogP contribution in [-0.2, 0) is 0 Å². The fourth-order valence-corrected chi connectivity index (χ4v) is 0.867. The molecule has 0 aliphatic carbocycles. The molecule has 0 saturated carbocycles. The maximum absolute atomic E-state index is 12.0. The van der Waals surface area contributed by atoms with E-state index in [1.807, 2.05) is 0 Å². The zero-order valence-corrected chi connectivity index (χ0v) is 9.37. The largest absolute Gasteiger partial charge is 0.467 e. The van der Waals surface area contributed by atoms with Gasteiger partial charge in [0.2, 0.25) is 0 Å². The molecule has 0 unspecified atom stereocenters. The van der Waals surface area contributed by atoms with Crippen LogP contribution in [0.2, 0.25) is 0 Å². The van der Waals surface area contributed by atoms with Crippen LogP contribution in [0.25, 0.3) is 0 Å². The van der Waals surface area contributed by atoms with Gasteiger partial charge < -0.3 is 0 Å². The number of alkyl halides is 9. The van der Waals surface area contributed by atoms with Crippen molar-refractivity contribution in [3.8, 4) is 0 Å². The summed E-state index contributed by atoms with van der Waals surface area (Å²) in [4.78, 5) is -1.95. The fourth-order valence-electron chi connectivity index (χ4n) is 0.867. The Morgan fingerprint density at radius 3 is 1.37 bits per heavy atom. The standard InChI is InChI=1S/C8H9F9N2/c1-18(6(9,10)11)4-2-3-5-19(7(12,13)14)8(15,16)17/h2-3H,4-5H2,1H3/b3-2+. The lowest BCUT2D eigenvalue weighted by atomic mass is 10.4. The summed E-state index contributed by atoms with van der Waals surface area (Å²) in [6.07, 6.45) is -15.1. The molecule has 0 rings (SSSR count). The van der Waals surface area contributed by atoms with Crippen molar-refractivity contribution < 1.29 is 39.5 Å². The fraction of sp³-hybridized carbons (Fsp3) is 0.750. The van der Waals surface area contributed by atoms with Gasteiger partial charge in [-0.2, -0.15) is 39.5 Å². The third kappa shape index (κ3) is 6.66. The summed E-state index contributed by atoms with van der Waals surface area (Å²) in [5, 5.41) is 0. The number of hydrogen-bond acceptors (Lipinski definition) is 2. The molecular weight excluding hydrogens is 295 g/mol. The van der Waals surface area contributed by atoms with Crippen LogP contribution in [-0.4, -0.2) is 48.8 Å². The zero-order chi connectivity index (χ0) is 15.5. The molecule has 0 radical (unpaired) electrons. The van der Waals surface area contributed by atoms with Crippen molar-refractivity contribution in [1.82, 2.24) is 9.80 Å². The predicted octanol–water partition coefficient (Wildman–Crippen LogP) is 3.34. The van der Waals surface area contributed by atoms with Gasteiger partial charge in [0.15, 0.2) is 0 Å². The molecule has 11 heteroatoms. The van der Waals surface area contributed by atoms with Crippen LogP contribution in [0.4, 0.5) is 39.5 Å². The molecule has 0 bridgehead atoms. The van der Waals surface area contributed by atoms with Crippen molar-refractivity contribution in [1.29, 1.82) is 0 Å². The van der Waals surface area contributed by atoms with Crippen LogP contribution >= 0.6 is 0 Å². The Balaban J connectivity index is 4.52. The van der Waals surface area contributed by atoms with Gasteiger partial charge in [0.1, 0.15) is 0 Å². The molecule has 0 saturated heterocycles. The zero-order valence-electron chi connectivity index (χ0n) is 9.37. The average Bonchev–Trinajstić information content (AvgIpc) is 2.10. The van der Waals surface area contributed by atoms with E-state index in [-0.39, 0.29) is 4.90 Å². The van der Waals surface area contributed by atoms with E-state index in [1.165, 1.54) is 0 Å². The van der Waals surface area contributed by atoms with Gasteiger partial charge in [0.05, 0.1) is 0 Å². The molecule has 0 aromatic rings. The van der Waals surface area contributed by atoms with Gasteiger partial charge in [-0.3, -0.25) is 0 Å². The minimum atomic E-state index is -5.65. The lowest BCUT2D eigenvalue weighted by Gasteiger charge is -2.25. The molecule has 0 amide bonds. The minimum Gasteiger partial charge on any atom is -0.214 e. The quantitative estimate of drug-likeness (QED) is 0.446. The summed E-state index contributed by atoms with van der Waals surface area (Å²) in [7, 11) is 0.607. The van der Waals surface area contributed by atoms with Crippen molar-refractivity contribution in [2.24, 2.45) is 0 Å². The second-order valence-corrected chi connectivity index (χ2v) is 3.37. The number of nitrogens with zero attached hydrogens (tertiary/aromatic N) is 2. The molecule has 0 aliphatic heterocycles. The van der Waals surface area contributed by atoms with Crippen LogP contribution in [0.15, 0.2) is 12.2 Å². The molecule has 0 spiro atoms. The van der Waals surface area contributed by atoms with E-state index >= 15 is 0 Å². The maximum atomic E-state index is 12.0. The van der Waals surface area contributed by atoms with E-state index in [0.717, 1.165) is 0 Å². The molecule has 0 atom stereocenters. The molecule has 0 heterocycles. The second kappa shape index (κ2) is 5.99. The summed E-state index contributed by atoms with van der Waals surface area (Å²) in [6.45, 7) is -2.47. The van der Waals surface area contributed by atoms with Gasteiger partial charge in [-0.1, -0.05) is 12.2 Å². The van der Waals surface area contributed by atoms with Gasteiger partial charge >= 0.3 is 18.9 Å². The summed E-state index contributed by atoms with van der Waals surface area (Å²) in [5.41, 5.74) is 0. The highest BCUT2D eigenvalue weighted by atomic mass is 19.4. The van der Waals surface area contributed by atoms with E-state index in [2.05, 4.69) is 0 Å². The molecule has 2 nitrogen and oxygen atoms in total. The smallest absolute Gasteiger partial charge is 0.214 e. The van der Waals surface area contributed by atoms with Crippen LogP contribution in [0, 0.1) is 0 Å². The Labute approximate surface area is 102 Å². The molecule has 0 aromatic carbocycles. The number of halogens is 9. The van der Waals surface area contributed by atoms with Crippen LogP contribution in [0.1, 0.15) is 0 Å². The first-order chi connectivity index (χ1) is 8.26. The molecular formula is C8H9F9N2. The third-order valence-electron chi connectivity index (χ3n) is 1.88. The van der Waals surface area contributed by atoms with Gasteiger partial charge in [0, 0.05) is 13.1 Å². The topological polar surface area (TPSA) is 6.48 Å². The third-order valence-corrected chi connectivity index (χ3v) is 1.88. The molecule has 0 N–H and O–H groups in total. The number of likely N-dealkylation sites (N-methyl/N-ethyl adjacent to an activating group) is 1. The highest BCUT2D eigenvalue weighted by Gasteiger charge is 2.52. The first-order valence-corrected chi connectivity index (χ1v) is 4.60. The summed E-state index contributed by atoms with van der Waals surface area (Å²) in [6, 6.07) is 0. The highest BCUT2D eigenvalue weighted by Crippen LogP contribution is 2.32. The Bertz CT molecular complexity index is 287. The summed E-state index contributed by atoms with van der Waals surface area (Å²) in [5.74, 6) is 0. The molecule has 19 heavy (non-hydrogen) atoms. The molecule has 0 fully saturated rings. The van der Waals surface area contributed by atoms with Gasteiger partial charge in [-0.05, 0) is 7.05 Å². The van der Waals surface area contributed by atoms with Crippen LogP contribution in [0.3, 0.4) is 0 Å². The van der Waals surface area contributed by atoms with Crippen molar-refractivity contribution in [3.63, 3.8) is 0 Å². The van der Waals surface area contributed by atoms with Gasteiger partial charge in [-0.25, -0.2) is 4.90 Å². The predicted molar refractivity (Wildman–Crippen MR) is 46.6 cm³/mol. The van der Waals surface area contributed by atoms with Crippen molar-refractivity contribution in [3.05, 3.63) is 12.2 Å². The maximum Gasteiger partial charge on any atom is 0.467 e. The highest BCUT2D eigenvalue weighted by molar-refractivity contribution is 4.88. The Morgan fingerprint density at radius 2 is 1.05 bits per heavy atom. The molecule has 0 aliphatic rings. The van der Waals surface area contributed by atoms with E-state index in [4.69, 9.17) is 0 Å². The summed E-state index contributed by atoms with van der Waals surface area (Å²) < 4.78 is 108. The average molecular weight is 304 g/mol. The SMILES string of the molecule is CN(C/C=C/CN(C(F)(F)F)C(F)(F)F)C(F)(F)F. The minimum absolute atomic E-state index is 0.199. The molecule has 0 aromatic heterocycles. The number of hydrogen-bond donors (Lipinski definition) is 0. The summed E-state index contributed by atoms with van der Waals surface area (Å²) >= 11 is 0. The first kappa shape index (κ1) is 18.0. The van der Waals surface area contributed by atoms with Crippen molar-refractivity contribution in [2.75, 3.05) is 20.1 Å². The monoisotopic (exact) mass is 304 g/mol. The van der Waals surface area contributed by atoms with E-state index in [9.17, 15) is 39.5 Å². The van der Waals surface area contributed by atoms with Crippen LogP contribution in [0.5, 0.6) is 0 Å². The number of rotatable bonds is 4. The Kier molecular flexibility index (Phi) is 5.68. The van der Waals surface area contributed by atoms with Gasteiger partial charge in [-0.15, -0.1) is 4.90 Å². The Morgan fingerprint density at radius 1 is 0.684 bits per heavy atom. The van der Waals surface area contributed by atoms with E-state index < -0.39 is 36.9 Å². The first-order valence-electron chi connectivity index (χ1n) is 4.60. The Hall–Kier alpha value is -0.970. The van der Waals surface area contributed by atoms with E-state index in [0.29, 0.717) is 19.2 Å². The van der Waals surface area contributed by atoms with Crippen LogP contribution < -0.4 is 0 Å². The molecule has 114 valence electrons. The van der Waals surface area contributed by atoms with E-state index in [1.54, 1.807) is 0 Å². The lowest BCUT2D eigenvalue weighted by molar-refractivity contribution is -0.369. The lowest BCUT2D eigenvalue weighted by Crippen LogP contribution is -2.48. The second-order valence-electron chi connectivity index (χ2n) is 3.37. The van der Waals surface area contributed by atoms with Gasteiger partial charge in [0.25, 0.3) is 0 Å². The normalized spacial score (nSPS) is 14.9.